The number of likely N-dealkylation sites (N-methyl/N-ethyl adjacent to an activating group) is 1. The molecule has 1 fully saturated rings. The zero-order chi connectivity index (χ0) is 16.1. The molecule has 0 aliphatic carbocycles. The van der Waals surface area contributed by atoms with E-state index >= 15 is 0 Å². The molecule has 7 nitrogen and oxygen atoms in total. The topological polar surface area (TPSA) is 91.7 Å². The van der Waals surface area contributed by atoms with Crippen LogP contribution >= 0.6 is 0 Å². The summed E-state index contributed by atoms with van der Waals surface area (Å²) in [5.74, 6) is 0.485. The van der Waals surface area contributed by atoms with Gasteiger partial charge in [-0.15, -0.1) is 0 Å². The first-order chi connectivity index (χ1) is 10.5. The number of carbonyl (C=O) groups is 2. The van der Waals surface area contributed by atoms with E-state index < -0.39 is 0 Å². The zero-order valence-corrected chi connectivity index (χ0v) is 12.5. The van der Waals surface area contributed by atoms with E-state index in [0.717, 1.165) is 0 Å². The van der Waals surface area contributed by atoms with E-state index in [1.807, 2.05) is 6.07 Å². The molecule has 0 unspecified atom stereocenters. The van der Waals surface area contributed by atoms with E-state index in [2.05, 4.69) is 5.32 Å². The van der Waals surface area contributed by atoms with Gasteiger partial charge in [0, 0.05) is 26.1 Å². The predicted octanol–water partition coefficient (Wildman–Crippen LogP) is 0.293. The molecule has 0 bridgehead atoms. The van der Waals surface area contributed by atoms with Crippen molar-refractivity contribution >= 4 is 11.8 Å². The number of carbonyl (C=O) groups excluding carboxylic acids is 2. The first-order valence-electron chi connectivity index (χ1n) is 6.77. The summed E-state index contributed by atoms with van der Waals surface area (Å²) in [5.41, 5.74) is 0.446. The molecule has 1 aromatic rings. The Balaban J connectivity index is 1.89. The van der Waals surface area contributed by atoms with Gasteiger partial charge in [-0.25, -0.2) is 0 Å². The van der Waals surface area contributed by atoms with E-state index in [0.29, 0.717) is 30.0 Å². The van der Waals surface area contributed by atoms with Gasteiger partial charge in [0.15, 0.2) is 18.1 Å². The average molecular weight is 303 g/mol. The van der Waals surface area contributed by atoms with Crippen molar-refractivity contribution < 1.29 is 19.1 Å². The highest BCUT2D eigenvalue weighted by Crippen LogP contribution is 2.27. The molecule has 0 radical (unpaired) electrons. The molecule has 1 saturated heterocycles. The third-order valence-electron chi connectivity index (χ3n) is 3.36. The van der Waals surface area contributed by atoms with Crippen LogP contribution in [0.15, 0.2) is 18.2 Å². The van der Waals surface area contributed by atoms with Crippen LogP contribution in [-0.4, -0.2) is 50.1 Å². The van der Waals surface area contributed by atoms with Crippen molar-refractivity contribution in [3.8, 4) is 17.6 Å². The van der Waals surface area contributed by atoms with Crippen LogP contribution in [0.5, 0.6) is 11.5 Å². The lowest BCUT2D eigenvalue weighted by molar-refractivity contribution is -0.126. The monoisotopic (exact) mass is 303 g/mol. The first-order valence-corrected chi connectivity index (χ1v) is 6.77. The van der Waals surface area contributed by atoms with Crippen LogP contribution in [0.3, 0.4) is 0 Å². The van der Waals surface area contributed by atoms with Crippen molar-refractivity contribution in [3.05, 3.63) is 23.8 Å². The number of hydrogen-bond donors (Lipinski definition) is 1. The Morgan fingerprint density at radius 3 is 2.86 bits per heavy atom. The van der Waals surface area contributed by atoms with Gasteiger partial charge < -0.3 is 19.7 Å². The van der Waals surface area contributed by atoms with Crippen molar-refractivity contribution in [1.29, 1.82) is 5.26 Å². The molecular formula is C15H17N3O4. The fraction of sp³-hybridized carbons (Fsp3) is 0.400. The molecule has 2 rings (SSSR count). The standard InChI is InChI=1S/C15H17N3O4/c1-18-8-11(6-15(18)20)17-14(19)9-22-12-4-3-10(7-16)5-13(12)21-2/h3-5,11H,6,8-9H2,1-2H3,(H,17,19)/t11-/m1/s1. The summed E-state index contributed by atoms with van der Waals surface area (Å²) in [5, 5.41) is 11.6. The smallest absolute Gasteiger partial charge is 0.258 e. The molecule has 1 aliphatic rings. The van der Waals surface area contributed by atoms with Crippen molar-refractivity contribution in [2.24, 2.45) is 0 Å². The number of nitrogens with one attached hydrogen (secondary N) is 1. The van der Waals surface area contributed by atoms with Gasteiger partial charge in [-0.05, 0) is 12.1 Å². The summed E-state index contributed by atoms with van der Waals surface area (Å²) >= 11 is 0. The van der Waals surface area contributed by atoms with E-state index in [4.69, 9.17) is 14.7 Å². The predicted molar refractivity (Wildman–Crippen MR) is 77.4 cm³/mol. The van der Waals surface area contributed by atoms with Crippen molar-refractivity contribution in [2.45, 2.75) is 12.5 Å². The third kappa shape index (κ3) is 3.67. The summed E-state index contributed by atoms with van der Waals surface area (Å²) in [6, 6.07) is 6.52. The highest BCUT2D eigenvalue weighted by Gasteiger charge is 2.27. The molecule has 2 amide bonds. The van der Waals surface area contributed by atoms with E-state index in [1.54, 1.807) is 24.1 Å². The Morgan fingerprint density at radius 1 is 1.50 bits per heavy atom. The van der Waals surface area contributed by atoms with Crippen molar-refractivity contribution in [1.82, 2.24) is 10.2 Å². The number of ether oxygens (including phenoxy) is 2. The number of hydrogen-bond acceptors (Lipinski definition) is 5. The summed E-state index contributed by atoms with van der Waals surface area (Å²) < 4.78 is 10.5. The Morgan fingerprint density at radius 2 is 2.27 bits per heavy atom. The quantitative estimate of drug-likeness (QED) is 0.844. The maximum absolute atomic E-state index is 11.8. The van der Waals surface area contributed by atoms with Gasteiger partial charge in [-0.2, -0.15) is 5.26 Å². The third-order valence-corrected chi connectivity index (χ3v) is 3.36. The maximum Gasteiger partial charge on any atom is 0.258 e. The van der Waals surface area contributed by atoms with Crippen LogP contribution in [0.1, 0.15) is 12.0 Å². The molecular weight excluding hydrogens is 286 g/mol. The minimum absolute atomic E-state index is 0.0139. The van der Waals surface area contributed by atoms with Crippen molar-refractivity contribution in [2.75, 3.05) is 27.3 Å². The van der Waals surface area contributed by atoms with E-state index in [9.17, 15) is 9.59 Å². The van der Waals surface area contributed by atoms with Gasteiger partial charge in [0.1, 0.15) is 0 Å². The van der Waals surface area contributed by atoms with E-state index in [-0.39, 0.29) is 24.5 Å². The number of likely N-dealkylation sites (tertiary alicyclic amines) is 1. The van der Waals surface area contributed by atoms with E-state index in [1.165, 1.54) is 13.2 Å². The number of rotatable bonds is 5. The van der Waals surface area contributed by atoms with Crippen LogP contribution in [-0.2, 0) is 9.59 Å². The molecule has 0 spiro atoms. The Kier molecular flexibility index (Phi) is 4.84. The second-order valence-electron chi connectivity index (χ2n) is 5.01. The molecule has 1 atom stereocenters. The molecule has 0 aromatic heterocycles. The number of nitrogens with zero attached hydrogens (tertiary/aromatic N) is 2. The highest BCUT2D eigenvalue weighted by molar-refractivity contribution is 5.82. The molecule has 1 heterocycles. The maximum atomic E-state index is 11.8. The minimum Gasteiger partial charge on any atom is -0.493 e. The molecule has 0 saturated carbocycles. The van der Waals surface area contributed by atoms with Crippen LogP contribution in [0, 0.1) is 11.3 Å². The van der Waals surface area contributed by atoms with Crippen LogP contribution in [0.2, 0.25) is 0 Å². The summed E-state index contributed by atoms with van der Waals surface area (Å²) in [7, 11) is 3.16. The fourth-order valence-corrected chi connectivity index (χ4v) is 2.23. The molecule has 1 N–H and O–H groups in total. The largest absolute Gasteiger partial charge is 0.493 e. The molecule has 116 valence electrons. The normalized spacial score (nSPS) is 17.0. The highest BCUT2D eigenvalue weighted by atomic mass is 16.5. The minimum atomic E-state index is -0.306. The number of amides is 2. The van der Waals surface area contributed by atoms with Gasteiger partial charge in [-0.1, -0.05) is 0 Å². The number of nitriles is 1. The molecule has 1 aliphatic heterocycles. The lowest BCUT2D eigenvalue weighted by Crippen LogP contribution is -2.39. The van der Waals surface area contributed by atoms with Gasteiger partial charge in [-0.3, -0.25) is 9.59 Å². The lowest BCUT2D eigenvalue weighted by atomic mass is 10.2. The fourth-order valence-electron chi connectivity index (χ4n) is 2.23. The van der Waals surface area contributed by atoms with Gasteiger partial charge in [0.25, 0.3) is 5.91 Å². The lowest BCUT2D eigenvalue weighted by Gasteiger charge is -2.14. The second-order valence-corrected chi connectivity index (χ2v) is 5.01. The second kappa shape index (κ2) is 6.80. The molecule has 1 aromatic carbocycles. The summed E-state index contributed by atoms with van der Waals surface area (Å²) in [6.07, 6.45) is 0.308. The first kappa shape index (κ1) is 15.6. The molecule has 7 heteroatoms. The van der Waals surface area contributed by atoms with Crippen molar-refractivity contribution in [3.63, 3.8) is 0 Å². The van der Waals surface area contributed by atoms with Gasteiger partial charge in [0.2, 0.25) is 5.91 Å². The molecule has 22 heavy (non-hydrogen) atoms. The summed E-state index contributed by atoms with van der Waals surface area (Å²) in [4.78, 5) is 24.8. The Bertz CT molecular complexity index is 624. The average Bonchev–Trinajstić information content (AvgIpc) is 2.82. The Labute approximate surface area is 128 Å². The van der Waals surface area contributed by atoms with Crippen LogP contribution in [0.25, 0.3) is 0 Å². The zero-order valence-electron chi connectivity index (χ0n) is 12.5. The van der Waals surface area contributed by atoms with Gasteiger partial charge >= 0.3 is 0 Å². The van der Waals surface area contributed by atoms with Crippen LogP contribution in [0.4, 0.5) is 0 Å². The number of methoxy groups -OCH3 is 1. The Hall–Kier alpha value is -2.75. The number of benzene rings is 1. The SMILES string of the molecule is COc1cc(C#N)ccc1OCC(=O)N[C@@H]1CC(=O)N(C)C1. The summed E-state index contributed by atoms with van der Waals surface area (Å²) in [6.45, 7) is 0.321. The van der Waals surface area contributed by atoms with Gasteiger partial charge in [0.05, 0.1) is 24.8 Å². The van der Waals surface area contributed by atoms with Crippen LogP contribution < -0.4 is 14.8 Å².